The lowest BCUT2D eigenvalue weighted by molar-refractivity contribution is 0.213. The van der Waals surface area contributed by atoms with Crippen molar-refractivity contribution in [3.05, 3.63) is 0 Å². The molecule has 0 radical (unpaired) electrons. The molecule has 44 valence electrons. The van der Waals surface area contributed by atoms with E-state index in [0.717, 1.165) is 0 Å². The zero-order chi connectivity index (χ0) is 5.91. The van der Waals surface area contributed by atoms with Crippen LogP contribution in [0, 0.1) is 0 Å². The Morgan fingerprint density at radius 2 is 2.14 bits per heavy atom. The second-order valence-electron chi connectivity index (χ2n) is 2.14. The molecule has 2 nitrogen and oxygen atoms in total. The predicted molar refractivity (Wildman–Crippen MR) is 33.2 cm³/mol. The molecule has 0 atom stereocenters. The van der Waals surface area contributed by atoms with Crippen LogP contribution in [0.25, 0.3) is 0 Å². The third-order valence-corrected chi connectivity index (χ3v) is 1.72. The Kier molecular flexibility index (Phi) is 2.80. The molecule has 7 heavy (non-hydrogen) atoms. The molecular formula is C4H10BrNO. The Labute approximate surface area is 52.3 Å². The molecule has 0 fully saturated rings. The molecule has 0 saturated heterocycles. The van der Waals surface area contributed by atoms with Crippen molar-refractivity contribution in [2.24, 2.45) is 0 Å². The smallest absolute Gasteiger partial charge is 0.0616 e. The number of aliphatic hydroxyl groups is 1. The highest BCUT2D eigenvalue weighted by molar-refractivity contribution is 9.08. The summed E-state index contributed by atoms with van der Waals surface area (Å²) in [5, 5.41) is 8.50. The molecule has 0 unspecified atom stereocenters. The van der Waals surface area contributed by atoms with Crippen LogP contribution in [-0.2, 0) is 0 Å². The summed E-state index contributed by atoms with van der Waals surface area (Å²) in [6, 6.07) is 0. The van der Waals surface area contributed by atoms with E-state index in [2.05, 4.69) is 20.5 Å². The van der Waals surface area contributed by atoms with Gasteiger partial charge in [-0.2, -0.15) is 0 Å². The normalized spacial score (nSPS) is 12.0. The first-order valence-electron chi connectivity index (χ1n) is 2.11. The van der Waals surface area contributed by atoms with Crippen LogP contribution in [-0.4, -0.2) is 17.3 Å². The van der Waals surface area contributed by atoms with Crippen molar-refractivity contribution in [3.63, 3.8) is 0 Å². The summed E-state index contributed by atoms with van der Waals surface area (Å²) in [6.07, 6.45) is 0. The van der Waals surface area contributed by atoms with Gasteiger partial charge in [-0.15, -0.1) is 0 Å². The molecule has 0 aliphatic carbocycles. The van der Waals surface area contributed by atoms with Gasteiger partial charge in [0.15, 0.2) is 0 Å². The molecule has 0 aromatic heterocycles. The number of hydrogen-bond donors (Lipinski definition) is 2. The van der Waals surface area contributed by atoms with E-state index in [9.17, 15) is 0 Å². The third kappa shape index (κ3) is 3.02. The van der Waals surface area contributed by atoms with Crippen LogP contribution in [0.3, 0.4) is 0 Å². The van der Waals surface area contributed by atoms with Crippen LogP contribution < -0.4 is 4.34 Å². The zero-order valence-electron chi connectivity index (χ0n) is 4.53. The van der Waals surface area contributed by atoms with Gasteiger partial charge in [0.2, 0.25) is 0 Å². The standard InChI is InChI=1S/C4H10BrNO/c1-4(2,3-7)6-5/h6-7H,3H2,1-2H3. The van der Waals surface area contributed by atoms with E-state index in [4.69, 9.17) is 5.11 Å². The molecule has 0 aromatic rings. The van der Waals surface area contributed by atoms with Crippen molar-refractivity contribution in [2.75, 3.05) is 6.61 Å². The predicted octanol–water partition coefficient (Wildman–Crippen LogP) is 0.657. The van der Waals surface area contributed by atoms with Gasteiger partial charge >= 0.3 is 0 Å². The molecule has 3 heteroatoms. The molecule has 0 bridgehead atoms. The summed E-state index contributed by atoms with van der Waals surface area (Å²) < 4.78 is 2.75. The molecule has 0 saturated carbocycles. The molecule has 0 aromatic carbocycles. The van der Waals surface area contributed by atoms with Crippen molar-refractivity contribution in [1.29, 1.82) is 0 Å². The average molecular weight is 168 g/mol. The molecule has 0 rings (SSSR count). The van der Waals surface area contributed by atoms with Gasteiger partial charge in [0, 0.05) is 21.7 Å². The SMILES string of the molecule is CC(C)(CO)NBr. The van der Waals surface area contributed by atoms with Gasteiger partial charge in [-0.1, -0.05) is 0 Å². The fraction of sp³-hybridized carbons (Fsp3) is 1.00. The quantitative estimate of drug-likeness (QED) is 0.593. The minimum atomic E-state index is -0.194. The molecule has 0 aliphatic heterocycles. The molecule has 2 N–H and O–H groups in total. The zero-order valence-corrected chi connectivity index (χ0v) is 6.12. The highest BCUT2D eigenvalue weighted by atomic mass is 79.9. The Morgan fingerprint density at radius 1 is 1.71 bits per heavy atom. The second kappa shape index (κ2) is 2.64. The Bertz CT molecular complexity index is 49.7. The summed E-state index contributed by atoms with van der Waals surface area (Å²) in [4.78, 5) is 0. The summed E-state index contributed by atoms with van der Waals surface area (Å²) in [5.41, 5.74) is -0.194. The number of halogens is 1. The van der Waals surface area contributed by atoms with Crippen molar-refractivity contribution >= 4 is 16.1 Å². The lowest BCUT2D eigenvalue weighted by Crippen LogP contribution is -2.35. The maximum absolute atomic E-state index is 8.50. The fourth-order valence-corrected chi connectivity index (χ4v) is 0.155. The van der Waals surface area contributed by atoms with E-state index in [0.29, 0.717) is 0 Å². The summed E-state index contributed by atoms with van der Waals surface area (Å²) in [5.74, 6) is 0. The molecular weight excluding hydrogens is 158 g/mol. The summed E-state index contributed by atoms with van der Waals surface area (Å²) >= 11 is 3.02. The van der Waals surface area contributed by atoms with Gasteiger partial charge in [-0.25, -0.2) is 4.34 Å². The van der Waals surface area contributed by atoms with Crippen LogP contribution in [0.5, 0.6) is 0 Å². The lowest BCUT2D eigenvalue weighted by atomic mass is 10.1. The lowest BCUT2D eigenvalue weighted by Gasteiger charge is -2.17. The van der Waals surface area contributed by atoms with Crippen molar-refractivity contribution in [3.8, 4) is 0 Å². The Balaban J connectivity index is 3.36. The monoisotopic (exact) mass is 167 g/mol. The van der Waals surface area contributed by atoms with E-state index in [1.54, 1.807) is 0 Å². The van der Waals surface area contributed by atoms with Crippen LogP contribution >= 0.6 is 16.1 Å². The van der Waals surface area contributed by atoms with E-state index < -0.39 is 0 Å². The molecule has 0 spiro atoms. The summed E-state index contributed by atoms with van der Waals surface area (Å²) in [6.45, 7) is 3.92. The molecule has 0 heterocycles. The van der Waals surface area contributed by atoms with Crippen molar-refractivity contribution in [2.45, 2.75) is 19.4 Å². The maximum Gasteiger partial charge on any atom is 0.0616 e. The van der Waals surface area contributed by atoms with Crippen molar-refractivity contribution in [1.82, 2.24) is 4.34 Å². The minimum absolute atomic E-state index is 0.137. The van der Waals surface area contributed by atoms with E-state index >= 15 is 0 Å². The van der Waals surface area contributed by atoms with Gasteiger partial charge in [0.25, 0.3) is 0 Å². The van der Waals surface area contributed by atoms with Crippen molar-refractivity contribution < 1.29 is 5.11 Å². The van der Waals surface area contributed by atoms with Gasteiger partial charge in [-0.05, 0) is 13.8 Å². The van der Waals surface area contributed by atoms with Crippen LogP contribution in [0.15, 0.2) is 0 Å². The average Bonchev–Trinajstić information content (AvgIpc) is 1.68. The first kappa shape index (κ1) is 7.40. The number of rotatable bonds is 2. The first-order valence-corrected chi connectivity index (χ1v) is 2.90. The van der Waals surface area contributed by atoms with E-state index in [-0.39, 0.29) is 12.1 Å². The largest absolute Gasteiger partial charge is 0.394 e. The highest BCUT2D eigenvalue weighted by Gasteiger charge is 2.11. The van der Waals surface area contributed by atoms with Crippen LogP contribution in [0.4, 0.5) is 0 Å². The highest BCUT2D eigenvalue weighted by Crippen LogP contribution is 2.00. The van der Waals surface area contributed by atoms with E-state index in [1.165, 1.54) is 0 Å². The van der Waals surface area contributed by atoms with Gasteiger partial charge in [-0.3, -0.25) is 0 Å². The van der Waals surface area contributed by atoms with Gasteiger partial charge in [0.05, 0.1) is 6.61 Å². The minimum Gasteiger partial charge on any atom is -0.394 e. The van der Waals surface area contributed by atoms with Crippen LogP contribution in [0.2, 0.25) is 0 Å². The Morgan fingerprint density at radius 3 is 2.14 bits per heavy atom. The second-order valence-corrected chi connectivity index (χ2v) is 2.53. The Hall–Kier alpha value is 0.400. The number of hydrogen-bond acceptors (Lipinski definition) is 2. The van der Waals surface area contributed by atoms with Gasteiger partial charge in [0.1, 0.15) is 0 Å². The fourth-order valence-electron chi connectivity index (χ4n) is 0.0299. The molecule has 0 amide bonds. The maximum atomic E-state index is 8.50. The topological polar surface area (TPSA) is 32.3 Å². The van der Waals surface area contributed by atoms with E-state index in [1.807, 2.05) is 13.8 Å². The summed E-state index contributed by atoms with van der Waals surface area (Å²) in [7, 11) is 0. The number of aliphatic hydroxyl groups excluding tert-OH is 1. The van der Waals surface area contributed by atoms with Crippen LogP contribution in [0.1, 0.15) is 13.8 Å². The first-order chi connectivity index (χ1) is 3.12. The molecule has 0 aliphatic rings. The van der Waals surface area contributed by atoms with Gasteiger partial charge < -0.3 is 5.11 Å². The third-order valence-electron chi connectivity index (χ3n) is 0.651. The number of nitrogens with one attached hydrogen (secondary N) is 1.